The second-order valence-corrected chi connectivity index (χ2v) is 10.4. The number of rotatable bonds is 3. The summed E-state index contributed by atoms with van der Waals surface area (Å²) in [5.74, 6) is -3.20. The van der Waals surface area contributed by atoms with Crippen LogP contribution in [-0.2, 0) is 4.74 Å². The van der Waals surface area contributed by atoms with E-state index in [1.54, 1.807) is 22.6 Å². The third-order valence-electron chi connectivity index (χ3n) is 6.38. The summed E-state index contributed by atoms with van der Waals surface area (Å²) in [6.07, 6.45) is 3.09. The van der Waals surface area contributed by atoms with E-state index in [-0.39, 0.29) is 40.9 Å². The third-order valence-corrected chi connectivity index (χ3v) is 6.65. The number of nitrogens with zero attached hydrogens (tertiary/aromatic N) is 6. The Kier molecular flexibility index (Phi) is 8.65. The summed E-state index contributed by atoms with van der Waals surface area (Å²) in [6, 6.07) is 2.81. The first-order valence-corrected chi connectivity index (χ1v) is 12.9. The van der Waals surface area contributed by atoms with Gasteiger partial charge in [-0.1, -0.05) is 11.6 Å². The zero-order valence-electron chi connectivity index (χ0n) is 21.7. The molecule has 208 valence electrons. The minimum Gasteiger partial charge on any atom is -0.391 e. The van der Waals surface area contributed by atoms with E-state index in [1.807, 2.05) is 13.8 Å². The van der Waals surface area contributed by atoms with Gasteiger partial charge in [-0.25, -0.2) is 28.1 Å². The number of hydrogen-bond acceptors (Lipinski definition) is 8. The summed E-state index contributed by atoms with van der Waals surface area (Å²) < 4.78 is 50.7. The van der Waals surface area contributed by atoms with Crippen LogP contribution in [0.25, 0.3) is 22.3 Å². The number of halogens is 4. The van der Waals surface area contributed by atoms with Crippen molar-refractivity contribution in [2.24, 2.45) is 0 Å². The summed E-state index contributed by atoms with van der Waals surface area (Å²) in [4.78, 5) is 15.5. The Bertz CT molecular complexity index is 1270. The summed E-state index contributed by atoms with van der Waals surface area (Å²) in [6.45, 7) is 5.13. The Morgan fingerprint density at radius 2 is 1.97 bits per heavy atom. The molecule has 0 amide bonds. The molecule has 38 heavy (non-hydrogen) atoms. The molecule has 1 aromatic carbocycles. The number of anilines is 2. The highest BCUT2D eigenvalue weighted by Gasteiger charge is 2.37. The van der Waals surface area contributed by atoms with Crippen LogP contribution in [-0.4, -0.2) is 88.0 Å². The van der Waals surface area contributed by atoms with Crippen LogP contribution in [0.5, 0.6) is 0 Å². The van der Waals surface area contributed by atoms with E-state index in [2.05, 4.69) is 15.0 Å². The van der Waals surface area contributed by atoms with E-state index in [1.165, 1.54) is 17.2 Å². The molecule has 0 aliphatic carbocycles. The van der Waals surface area contributed by atoms with Crippen molar-refractivity contribution in [1.82, 2.24) is 24.4 Å². The molecule has 9 nitrogen and oxygen atoms in total. The van der Waals surface area contributed by atoms with Gasteiger partial charge in [-0.15, -0.1) is 0 Å². The Morgan fingerprint density at radius 3 is 2.61 bits per heavy atom. The molecule has 3 aromatic rings. The number of aromatic nitrogens is 4. The lowest BCUT2D eigenvalue weighted by atomic mass is 10.1. The highest BCUT2D eigenvalue weighted by atomic mass is 35.5. The van der Waals surface area contributed by atoms with Crippen LogP contribution in [0.2, 0.25) is 5.02 Å². The first-order valence-electron chi connectivity index (χ1n) is 12.5. The first-order chi connectivity index (χ1) is 17.9. The van der Waals surface area contributed by atoms with Crippen molar-refractivity contribution in [2.45, 2.75) is 44.8 Å². The maximum Gasteiger partial charge on any atom is 0.277 e. The van der Waals surface area contributed by atoms with Crippen molar-refractivity contribution in [3.8, 4) is 11.3 Å². The molecular formula is C25H33ClF3N7O2. The highest BCUT2D eigenvalue weighted by molar-refractivity contribution is 6.33. The summed E-state index contributed by atoms with van der Waals surface area (Å²) >= 11 is 6.21. The second-order valence-electron chi connectivity index (χ2n) is 10.0. The summed E-state index contributed by atoms with van der Waals surface area (Å²) in [7, 11) is 1.66. The molecule has 0 spiro atoms. The number of benzene rings is 1. The quantitative estimate of drug-likeness (QED) is 0.500. The average molecular weight is 556 g/mol. The van der Waals surface area contributed by atoms with Gasteiger partial charge in [0, 0.05) is 31.3 Å². The molecule has 4 heterocycles. The van der Waals surface area contributed by atoms with Crippen molar-refractivity contribution in [3.05, 3.63) is 29.2 Å². The van der Waals surface area contributed by atoms with Crippen LogP contribution < -0.4 is 10.6 Å². The van der Waals surface area contributed by atoms with E-state index in [0.29, 0.717) is 36.7 Å². The molecule has 2 aromatic heterocycles. The lowest BCUT2D eigenvalue weighted by Gasteiger charge is -2.26. The highest BCUT2D eigenvalue weighted by Crippen LogP contribution is 2.35. The summed E-state index contributed by atoms with van der Waals surface area (Å²) in [5.41, 5.74) is 6.93. The fraction of sp³-hybridized carbons (Fsp3) is 0.560. The van der Waals surface area contributed by atoms with Crippen molar-refractivity contribution < 1.29 is 23.0 Å². The number of ether oxygens (including phenoxy) is 1. The van der Waals surface area contributed by atoms with Crippen LogP contribution >= 0.6 is 11.6 Å². The van der Waals surface area contributed by atoms with Crippen molar-refractivity contribution >= 4 is 34.5 Å². The van der Waals surface area contributed by atoms with E-state index < -0.39 is 18.3 Å². The predicted molar refractivity (Wildman–Crippen MR) is 141 cm³/mol. The standard InChI is InChI=1S/C20H23ClF3N7.C5H10O2/c1-11(2)31-15-7-12(16-13(21)8-26-18(25)27-16)6-14(22)17(15)28-19(31)30-5-4-29(3)9-20(23,24)10-30;6-5-2-1-3-7-4-5/h6-8,11H,4-5,9-10H2,1-3H3,(H2,25,26,27);5-6H,1-4H2. The smallest absolute Gasteiger partial charge is 0.277 e. The Hall–Kier alpha value is -2.67. The number of aliphatic hydroxyl groups is 1. The lowest BCUT2D eigenvalue weighted by molar-refractivity contribution is -0.00961. The van der Waals surface area contributed by atoms with E-state index >= 15 is 4.39 Å². The molecule has 0 bridgehead atoms. The number of likely N-dealkylation sites (N-methyl/N-ethyl adjacent to an activating group) is 1. The number of nitrogen functional groups attached to an aromatic ring is 1. The van der Waals surface area contributed by atoms with Gasteiger partial charge in [0.1, 0.15) is 5.52 Å². The molecule has 5 rings (SSSR count). The van der Waals surface area contributed by atoms with Gasteiger partial charge >= 0.3 is 0 Å². The lowest BCUT2D eigenvalue weighted by Crippen LogP contribution is -2.39. The van der Waals surface area contributed by atoms with Gasteiger partial charge in [0.2, 0.25) is 11.9 Å². The van der Waals surface area contributed by atoms with Crippen LogP contribution in [0, 0.1) is 5.82 Å². The molecule has 2 saturated heterocycles. The van der Waals surface area contributed by atoms with Crippen LogP contribution in [0.15, 0.2) is 18.3 Å². The van der Waals surface area contributed by atoms with Gasteiger partial charge < -0.3 is 25.0 Å². The number of imidazole rings is 1. The van der Waals surface area contributed by atoms with Gasteiger partial charge in [-0.2, -0.15) is 0 Å². The van der Waals surface area contributed by atoms with Crippen LogP contribution in [0.3, 0.4) is 0 Å². The fourth-order valence-electron chi connectivity index (χ4n) is 4.66. The number of hydrogen-bond donors (Lipinski definition) is 2. The largest absolute Gasteiger partial charge is 0.391 e. The molecule has 0 saturated carbocycles. The maximum atomic E-state index is 15.1. The number of alkyl halides is 2. The molecule has 13 heteroatoms. The number of nitrogens with two attached hydrogens (primary N) is 1. The van der Waals surface area contributed by atoms with Gasteiger partial charge in [0.05, 0.1) is 48.2 Å². The molecule has 2 aliphatic heterocycles. The summed E-state index contributed by atoms with van der Waals surface area (Å²) in [5, 5.41) is 9.01. The fourth-order valence-corrected chi connectivity index (χ4v) is 4.86. The van der Waals surface area contributed by atoms with Crippen molar-refractivity contribution in [2.75, 3.05) is 57.1 Å². The van der Waals surface area contributed by atoms with Gasteiger partial charge in [-0.05, 0) is 45.9 Å². The van der Waals surface area contributed by atoms with E-state index in [0.717, 1.165) is 19.4 Å². The zero-order chi connectivity index (χ0) is 27.6. The van der Waals surface area contributed by atoms with Crippen LogP contribution in [0.1, 0.15) is 32.7 Å². The first kappa shape index (κ1) is 28.3. The SMILES string of the molecule is CC(C)n1c(N2CCN(C)CC(F)(F)C2)nc2c(F)cc(-c3nc(N)ncc3Cl)cc21.OC1CCCOC1. The number of aliphatic hydroxyl groups excluding tert-OH is 1. The number of fused-ring (bicyclic) bond motifs is 1. The third kappa shape index (κ3) is 6.48. The molecule has 1 atom stereocenters. The topological polar surface area (TPSA) is 106 Å². The Balaban J connectivity index is 0.000000417. The zero-order valence-corrected chi connectivity index (χ0v) is 22.4. The molecule has 3 N–H and O–H groups in total. The molecule has 0 radical (unpaired) electrons. The monoisotopic (exact) mass is 555 g/mol. The molecular weight excluding hydrogens is 523 g/mol. The molecule has 1 unspecified atom stereocenters. The minimum atomic E-state index is -2.92. The minimum absolute atomic E-state index is 0.00822. The van der Waals surface area contributed by atoms with E-state index in [9.17, 15) is 8.78 Å². The van der Waals surface area contributed by atoms with Crippen LogP contribution in [0.4, 0.5) is 25.1 Å². The molecule has 2 aliphatic rings. The normalized spacial score (nSPS) is 20.3. The Morgan fingerprint density at radius 1 is 1.21 bits per heavy atom. The average Bonchev–Trinajstić information content (AvgIpc) is 3.17. The van der Waals surface area contributed by atoms with Gasteiger partial charge in [0.15, 0.2) is 5.82 Å². The maximum absolute atomic E-state index is 15.1. The van der Waals surface area contributed by atoms with Gasteiger partial charge in [-0.3, -0.25) is 4.90 Å². The van der Waals surface area contributed by atoms with Crippen molar-refractivity contribution in [3.63, 3.8) is 0 Å². The van der Waals surface area contributed by atoms with E-state index in [4.69, 9.17) is 27.2 Å². The second kappa shape index (κ2) is 11.6. The van der Waals surface area contributed by atoms with Crippen molar-refractivity contribution in [1.29, 1.82) is 0 Å². The predicted octanol–water partition coefficient (Wildman–Crippen LogP) is 3.99. The molecule has 2 fully saturated rings. The van der Waals surface area contributed by atoms with Gasteiger partial charge in [0.25, 0.3) is 5.92 Å². The Labute approximate surface area is 224 Å².